The van der Waals surface area contributed by atoms with Crippen LogP contribution in [0, 0.1) is 6.92 Å². The normalized spacial score (nSPS) is 19.8. The third-order valence-corrected chi connectivity index (χ3v) is 4.04. The Hall–Kier alpha value is -1.81. The van der Waals surface area contributed by atoms with Gasteiger partial charge in [-0.15, -0.1) is 0 Å². The van der Waals surface area contributed by atoms with Crippen LogP contribution in [0.2, 0.25) is 5.02 Å². The number of halogens is 1. The molecule has 20 heavy (non-hydrogen) atoms. The summed E-state index contributed by atoms with van der Waals surface area (Å²) in [7, 11) is 0. The predicted molar refractivity (Wildman–Crippen MR) is 75.4 cm³/mol. The number of pyridine rings is 1. The molecule has 1 aliphatic carbocycles. The van der Waals surface area contributed by atoms with Crippen molar-refractivity contribution in [3.8, 4) is 0 Å². The molecule has 3 rings (SSSR count). The van der Waals surface area contributed by atoms with E-state index in [0.717, 1.165) is 24.1 Å². The van der Waals surface area contributed by atoms with Crippen LogP contribution in [0.3, 0.4) is 0 Å². The van der Waals surface area contributed by atoms with E-state index in [1.807, 2.05) is 6.92 Å². The number of Topliss-reactive ketones (excluding diaryl/α,β-unsaturated/α-hetero) is 1. The lowest BCUT2D eigenvalue weighted by Gasteiger charge is -2.18. The lowest BCUT2D eigenvalue weighted by molar-refractivity contribution is 0.0971. The van der Waals surface area contributed by atoms with E-state index in [1.54, 1.807) is 6.08 Å². The number of ether oxygens (including phenoxy) is 2. The van der Waals surface area contributed by atoms with Gasteiger partial charge >= 0.3 is 0 Å². The van der Waals surface area contributed by atoms with E-state index in [-0.39, 0.29) is 12.6 Å². The fourth-order valence-electron chi connectivity index (χ4n) is 2.42. The average Bonchev–Trinajstić information content (AvgIpc) is 2.81. The molecule has 0 spiro atoms. The number of hydrogen-bond donors (Lipinski definition) is 0. The molecule has 0 bridgehead atoms. The van der Waals surface area contributed by atoms with Crippen LogP contribution >= 0.6 is 11.6 Å². The number of ketones is 1. The van der Waals surface area contributed by atoms with Gasteiger partial charge in [-0.25, -0.2) is 0 Å². The predicted octanol–water partition coefficient (Wildman–Crippen LogP) is 3.42. The van der Waals surface area contributed by atoms with Gasteiger partial charge in [-0.2, -0.15) is 0 Å². The molecular weight excluding hydrogens is 278 g/mol. The van der Waals surface area contributed by atoms with E-state index < -0.39 is 0 Å². The first-order chi connectivity index (χ1) is 9.58. The summed E-state index contributed by atoms with van der Waals surface area (Å²) in [6, 6.07) is 0. The lowest BCUT2D eigenvalue weighted by atomic mass is 9.93. The molecule has 4 nitrogen and oxygen atoms in total. The smallest absolute Gasteiger partial charge is 0.231 e. The van der Waals surface area contributed by atoms with Gasteiger partial charge in [-0.05, 0) is 25.3 Å². The van der Waals surface area contributed by atoms with Crippen LogP contribution in [0.1, 0.15) is 40.2 Å². The first-order valence-electron chi connectivity index (χ1n) is 6.46. The van der Waals surface area contributed by atoms with Crippen molar-refractivity contribution < 1.29 is 14.3 Å². The van der Waals surface area contributed by atoms with Crippen LogP contribution in [0.25, 0.3) is 6.08 Å². The summed E-state index contributed by atoms with van der Waals surface area (Å²) in [6.45, 7) is 5.77. The molecule has 2 aliphatic rings. The molecular formula is C15H14ClNO3. The summed E-state index contributed by atoms with van der Waals surface area (Å²) >= 11 is 6.35. The second-order valence-corrected chi connectivity index (χ2v) is 5.25. The molecule has 0 radical (unpaired) electrons. The number of hydrogen-bond acceptors (Lipinski definition) is 4. The Kier molecular flexibility index (Phi) is 3.26. The lowest BCUT2D eigenvalue weighted by Crippen LogP contribution is -2.15. The number of nitrogens with zero attached hydrogens (tertiary/aromatic N) is 1. The fraction of sp³-hybridized carbons (Fsp3) is 0.333. The van der Waals surface area contributed by atoms with E-state index in [2.05, 4.69) is 11.6 Å². The van der Waals surface area contributed by atoms with Crippen LogP contribution in [-0.2, 0) is 15.9 Å². The highest BCUT2D eigenvalue weighted by Gasteiger charge is 2.25. The zero-order chi connectivity index (χ0) is 14.3. The topological polar surface area (TPSA) is 48.4 Å². The van der Waals surface area contributed by atoms with Gasteiger partial charge in [0.15, 0.2) is 17.3 Å². The van der Waals surface area contributed by atoms with Crippen LogP contribution in [0.15, 0.2) is 18.1 Å². The maximum atomic E-state index is 12.0. The van der Waals surface area contributed by atoms with Crippen molar-refractivity contribution in [2.45, 2.75) is 26.2 Å². The van der Waals surface area contributed by atoms with E-state index in [9.17, 15) is 4.79 Å². The highest BCUT2D eigenvalue weighted by molar-refractivity contribution is 6.35. The Labute approximate surface area is 122 Å². The number of rotatable bonds is 1. The molecule has 1 fully saturated rings. The number of carbonyl (C=O) groups excluding carboxylic acids is 1. The summed E-state index contributed by atoms with van der Waals surface area (Å²) in [4.78, 5) is 16.5. The van der Waals surface area contributed by atoms with Gasteiger partial charge in [0.2, 0.25) is 6.79 Å². The molecule has 5 heteroatoms. The largest absolute Gasteiger partial charge is 0.454 e. The second kappa shape index (κ2) is 4.94. The Balaban J connectivity index is 2.12. The van der Waals surface area contributed by atoms with Crippen molar-refractivity contribution in [1.29, 1.82) is 0 Å². The number of carbonyl (C=O) groups is 1. The van der Waals surface area contributed by atoms with Crippen LogP contribution in [-0.4, -0.2) is 17.6 Å². The van der Waals surface area contributed by atoms with Gasteiger partial charge in [0.05, 0.1) is 22.0 Å². The first-order valence-corrected chi connectivity index (χ1v) is 6.84. The summed E-state index contributed by atoms with van der Waals surface area (Å²) in [5.74, 6) is 1.12. The molecule has 1 aromatic heterocycles. The minimum Gasteiger partial charge on any atom is -0.454 e. The molecule has 1 aliphatic heterocycles. The van der Waals surface area contributed by atoms with Gasteiger partial charge in [0, 0.05) is 12.5 Å². The highest BCUT2D eigenvalue weighted by Crippen LogP contribution is 2.32. The SMILES string of the molecule is C=C1OCO/C1=C/c1nc2c(c(Cl)c1C)C(=O)CCC2. The standard InChI is InChI=1S/C15H14ClNO3/c1-8-11(6-13-9(2)19-7-20-13)17-10-4-3-5-12(18)14(10)15(8)16/h6H,2-5,7H2,1H3/b13-6+. The molecule has 0 aromatic carbocycles. The molecule has 0 unspecified atom stereocenters. The van der Waals surface area contributed by atoms with Crippen LogP contribution < -0.4 is 0 Å². The van der Waals surface area contributed by atoms with Gasteiger partial charge in [-0.1, -0.05) is 18.2 Å². The number of aryl methyl sites for hydroxylation is 1. The maximum Gasteiger partial charge on any atom is 0.231 e. The number of fused-ring (bicyclic) bond motifs is 1. The van der Waals surface area contributed by atoms with Crippen molar-refractivity contribution >= 4 is 23.5 Å². The van der Waals surface area contributed by atoms with Crippen molar-refractivity contribution in [1.82, 2.24) is 4.98 Å². The second-order valence-electron chi connectivity index (χ2n) is 4.87. The quantitative estimate of drug-likeness (QED) is 0.795. The average molecular weight is 292 g/mol. The zero-order valence-corrected chi connectivity index (χ0v) is 11.9. The summed E-state index contributed by atoms with van der Waals surface area (Å²) in [5, 5.41) is 0.496. The molecule has 1 aromatic rings. The minimum atomic E-state index is 0.0795. The highest BCUT2D eigenvalue weighted by atomic mass is 35.5. The third kappa shape index (κ3) is 2.10. The van der Waals surface area contributed by atoms with Gasteiger partial charge < -0.3 is 9.47 Å². The molecule has 0 N–H and O–H groups in total. The molecule has 2 heterocycles. The van der Waals surface area contributed by atoms with E-state index in [4.69, 9.17) is 21.1 Å². The maximum absolute atomic E-state index is 12.0. The molecule has 0 atom stereocenters. The summed E-state index contributed by atoms with van der Waals surface area (Å²) < 4.78 is 10.5. The van der Waals surface area contributed by atoms with E-state index >= 15 is 0 Å². The zero-order valence-electron chi connectivity index (χ0n) is 11.2. The van der Waals surface area contributed by atoms with Gasteiger partial charge in [-0.3, -0.25) is 9.78 Å². The first kappa shape index (κ1) is 13.2. The Morgan fingerprint density at radius 1 is 1.35 bits per heavy atom. The summed E-state index contributed by atoms with van der Waals surface area (Å²) in [5.41, 5.74) is 2.83. The monoisotopic (exact) mass is 291 g/mol. The van der Waals surface area contributed by atoms with Crippen molar-refractivity contribution in [3.05, 3.63) is 45.6 Å². The Morgan fingerprint density at radius 3 is 2.85 bits per heavy atom. The van der Waals surface area contributed by atoms with Crippen LogP contribution in [0.4, 0.5) is 0 Å². The van der Waals surface area contributed by atoms with Crippen molar-refractivity contribution in [3.63, 3.8) is 0 Å². The summed E-state index contributed by atoms with van der Waals surface area (Å²) in [6.07, 6.45) is 3.90. The Morgan fingerprint density at radius 2 is 2.15 bits per heavy atom. The minimum absolute atomic E-state index is 0.0795. The fourth-order valence-corrected chi connectivity index (χ4v) is 2.73. The Bertz CT molecular complexity index is 649. The van der Waals surface area contributed by atoms with Crippen molar-refractivity contribution in [2.24, 2.45) is 0 Å². The van der Waals surface area contributed by atoms with Gasteiger partial charge in [0.25, 0.3) is 0 Å². The van der Waals surface area contributed by atoms with E-state index in [0.29, 0.717) is 34.2 Å². The third-order valence-electron chi connectivity index (χ3n) is 3.56. The van der Waals surface area contributed by atoms with E-state index in [1.165, 1.54) is 0 Å². The molecule has 0 amide bonds. The number of aromatic nitrogens is 1. The molecule has 0 saturated carbocycles. The van der Waals surface area contributed by atoms with Crippen molar-refractivity contribution in [2.75, 3.05) is 6.79 Å². The van der Waals surface area contributed by atoms with Crippen LogP contribution in [0.5, 0.6) is 0 Å². The molecule has 1 saturated heterocycles. The molecule has 104 valence electrons. The van der Waals surface area contributed by atoms with Gasteiger partial charge in [0.1, 0.15) is 0 Å².